The van der Waals surface area contributed by atoms with Crippen molar-refractivity contribution in [3.05, 3.63) is 22.4 Å². The number of thiophene rings is 1. The molecule has 1 saturated heterocycles. The standard InChI is InChI=1S/C17H22N2O4S/c20-14(4-2-7-18-15(21)12-5-8-24-10-12)19-9-13-3-1-6-17(13,11-19)16(22)23/h5,8,10,13H,1-4,6-7,9,11H2,(H,18,21)(H,22,23)/t13-,17+/m0/s1. The third kappa shape index (κ3) is 3.17. The highest BCUT2D eigenvalue weighted by Gasteiger charge is 2.55. The molecular weight excluding hydrogens is 328 g/mol. The zero-order valence-electron chi connectivity index (χ0n) is 13.5. The van der Waals surface area contributed by atoms with E-state index in [9.17, 15) is 19.5 Å². The van der Waals surface area contributed by atoms with E-state index < -0.39 is 11.4 Å². The fourth-order valence-corrected chi connectivity index (χ4v) is 4.56. The molecule has 130 valence electrons. The molecule has 0 spiro atoms. The highest BCUT2D eigenvalue weighted by atomic mass is 32.1. The van der Waals surface area contributed by atoms with E-state index in [1.807, 2.05) is 5.38 Å². The summed E-state index contributed by atoms with van der Waals surface area (Å²) in [5.41, 5.74) is -0.0786. The zero-order chi connectivity index (χ0) is 17.2. The van der Waals surface area contributed by atoms with Gasteiger partial charge in [-0.15, -0.1) is 0 Å². The molecular formula is C17H22N2O4S. The van der Waals surface area contributed by atoms with E-state index in [1.54, 1.807) is 16.3 Å². The Kier molecular flexibility index (Phi) is 4.89. The Morgan fingerprint density at radius 3 is 2.92 bits per heavy atom. The SMILES string of the molecule is O=C(NCCCC(=O)N1C[C@@H]2CCC[C@@]2(C(=O)O)C1)c1ccsc1. The molecule has 0 unspecified atom stereocenters. The van der Waals surface area contributed by atoms with Gasteiger partial charge in [0.1, 0.15) is 0 Å². The van der Waals surface area contributed by atoms with E-state index >= 15 is 0 Å². The van der Waals surface area contributed by atoms with Crippen LogP contribution < -0.4 is 5.32 Å². The van der Waals surface area contributed by atoms with Crippen molar-refractivity contribution in [2.75, 3.05) is 19.6 Å². The van der Waals surface area contributed by atoms with Crippen molar-refractivity contribution in [1.82, 2.24) is 10.2 Å². The van der Waals surface area contributed by atoms with Crippen LogP contribution in [0.15, 0.2) is 16.8 Å². The van der Waals surface area contributed by atoms with Gasteiger partial charge in [0, 0.05) is 37.0 Å². The predicted octanol–water partition coefficient (Wildman–Crippen LogP) is 1.97. The molecule has 1 aromatic heterocycles. The monoisotopic (exact) mass is 350 g/mol. The lowest BCUT2D eigenvalue weighted by Crippen LogP contribution is -2.37. The van der Waals surface area contributed by atoms with Crippen LogP contribution in [0.4, 0.5) is 0 Å². The Morgan fingerprint density at radius 2 is 2.25 bits per heavy atom. The van der Waals surface area contributed by atoms with Gasteiger partial charge in [-0.25, -0.2) is 0 Å². The zero-order valence-corrected chi connectivity index (χ0v) is 14.3. The molecule has 1 aromatic rings. The van der Waals surface area contributed by atoms with E-state index in [0.29, 0.717) is 44.5 Å². The van der Waals surface area contributed by atoms with E-state index in [4.69, 9.17) is 0 Å². The third-order valence-electron chi connectivity index (χ3n) is 5.29. The number of likely N-dealkylation sites (tertiary alicyclic amines) is 1. The van der Waals surface area contributed by atoms with Crippen LogP contribution in [0.25, 0.3) is 0 Å². The summed E-state index contributed by atoms with van der Waals surface area (Å²) in [6.07, 6.45) is 3.41. The van der Waals surface area contributed by atoms with Crippen LogP contribution in [0, 0.1) is 11.3 Å². The third-order valence-corrected chi connectivity index (χ3v) is 5.97. The molecule has 24 heavy (non-hydrogen) atoms. The molecule has 0 bridgehead atoms. The summed E-state index contributed by atoms with van der Waals surface area (Å²) in [5, 5.41) is 16.0. The number of fused-ring (bicyclic) bond motifs is 1. The highest BCUT2D eigenvalue weighted by Crippen LogP contribution is 2.48. The van der Waals surface area contributed by atoms with Gasteiger partial charge in [-0.3, -0.25) is 14.4 Å². The van der Waals surface area contributed by atoms with Gasteiger partial charge in [-0.1, -0.05) is 6.42 Å². The number of nitrogens with one attached hydrogen (secondary N) is 1. The summed E-state index contributed by atoms with van der Waals surface area (Å²) >= 11 is 1.47. The maximum absolute atomic E-state index is 12.3. The van der Waals surface area contributed by atoms with E-state index in [-0.39, 0.29) is 17.7 Å². The van der Waals surface area contributed by atoms with E-state index in [0.717, 1.165) is 12.8 Å². The van der Waals surface area contributed by atoms with Crippen LogP contribution in [0.3, 0.4) is 0 Å². The van der Waals surface area contributed by atoms with E-state index in [2.05, 4.69) is 5.32 Å². The summed E-state index contributed by atoms with van der Waals surface area (Å²) < 4.78 is 0. The predicted molar refractivity (Wildman–Crippen MR) is 89.9 cm³/mol. The van der Waals surface area contributed by atoms with Crippen molar-refractivity contribution in [3.8, 4) is 0 Å². The first-order valence-corrected chi connectivity index (χ1v) is 9.29. The van der Waals surface area contributed by atoms with Crippen LogP contribution in [0.1, 0.15) is 42.5 Å². The number of amides is 2. The van der Waals surface area contributed by atoms with Gasteiger partial charge in [0.2, 0.25) is 5.91 Å². The number of carboxylic acid groups (broad SMARTS) is 1. The van der Waals surface area contributed by atoms with Crippen molar-refractivity contribution >= 4 is 29.1 Å². The molecule has 2 amide bonds. The van der Waals surface area contributed by atoms with Gasteiger partial charge in [0.25, 0.3) is 5.91 Å². The summed E-state index contributed by atoms with van der Waals surface area (Å²) in [5.74, 6) is -0.792. The quantitative estimate of drug-likeness (QED) is 0.768. The Labute approximate surface area is 144 Å². The number of hydrogen-bond donors (Lipinski definition) is 2. The summed E-state index contributed by atoms with van der Waals surface area (Å²) in [6, 6.07) is 1.76. The van der Waals surface area contributed by atoms with E-state index in [1.165, 1.54) is 11.3 Å². The minimum Gasteiger partial charge on any atom is -0.481 e. The smallest absolute Gasteiger partial charge is 0.311 e. The fourth-order valence-electron chi connectivity index (χ4n) is 3.92. The molecule has 1 aliphatic carbocycles. The van der Waals surface area contributed by atoms with Crippen molar-refractivity contribution in [1.29, 1.82) is 0 Å². The van der Waals surface area contributed by atoms with Gasteiger partial charge >= 0.3 is 5.97 Å². The van der Waals surface area contributed by atoms with Crippen molar-refractivity contribution < 1.29 is 19.5 Å². The molecule has 2 atom stereocenters. The first kappa shape index (κ1) is 17.0. The maximum atomic E-state index is 12.3. The number of carbonyl (C=O) groups excluding carboxylic acids is 2. The lowest BCUT2D eigenvalue weighted by molar-refractivity contribution is -0.149. The number of carbonyl (C=O) groups is 3. The molecule has 7 heteroatoms. The Balaban J connectivity index is 1.43. The normalized spacial score (nSPS) is 25.5. The molecule has 0 aromatic carbocycles. The van der Waals surface area contributed by atoms with Crippen LogP contribution in [-0.4, -0.2) is 47.4 Å². The Bertz CT molecular complexity index is 631. The lowest BCUT2D eigenvalue weighted by atomic mass is 9.81. The molecule has 6 nitrogen and oxygen atoms in total. The average molecular weight is 350 g/mol. The maximum Gasteiger partial charge on any atom is 0.311 e. The highest BCUT2D eigenvalue weighted by molar-refractivity contribution is 7.08. The van der Waals surface area contributed by atoms with Gasteiger partial charge in [-0.2, -0.15) is 11.3 Å². The first-order chi connectivity index (χ1) is 11.5. The number of carboxylic acids is 1. The largest absolute Gasteiger partial charge is 0.481 e. The molecule has 2 heterocycles. The van der Waals surface area contributed by atoms with Crippen LogP contribution in [0.5, 0.6) is 0 Å². The van der Waals surface area contributed by atoms with Gasteiger partial charge < -0.3 is 15.3 Å². The second-order valence-corrected chi connectivity index (χ2v) is 7.48. The average Bonchev–Trinajstić information content (AvgIpc) is 3.25. The summed E-state index contributed by atoms with van der Waals surface area (Å²) in [6.45, 7) is 1.35. The number of rotatable bonds is 6. The second-order valence-electron chi connectivity index (χ2n) is 6.70. The fraction of sp³-hybridized carbons (Fsp3) is 0.588. The van der Waals surface area contributed by atoms with Gasteiger partial charge in [-0.05, 0) is 36.6 Å². The van der Waals surface area contributed by atoms with Gasteiger partial charge in [0.05, 0.1) is 5.41 Å². The molecule has 2 aliphatic rings. The molecule has 3 rings (SSSR count). The summed E-state index contributed by atoms with van der Waals surface area (Å²) in [4.78, 5) is 37.5. The molecule has 1 aliphatic heterocycles. The first-order valence-electron chi connectivity index (χ1n) is 8.34. The van der Waals surface area contributed by atoms with Crippen LogP contribution >= 0.6 is 11.3 Å². The molecule has 1 saturated carbocycles. The minimum absolute atomic E-state index is 0.00481. The number of nitrogens with zero attached hydrogens (tertiary/aromatic N) is 1. The van der Waals surface area contributed by atoms with Crippen LogP contribution in [-0.2, 0) is 9.59 Å². The lowest BCUT2D eigenvalue weighted by Gasteiger charge is -2.23. The summed E-state index contributed by atoms with van der Waals surface area (Å²) in [7, 11) is 0. The van der Waals surface area contributed by atoms with Crippen molar-refractivity contribution in [2.24, 2.45) is 11.3 Å². The molecule has 2 fully saturated rings. The van der Waals surface area contributed by atoms with Crippen molar-refractivity contribution in [3.63, 3.8) is 0 Å². The molecule has 0 radical (unpaired) electrons. The number of hydrogen-bond acceptors (Lipinski definition) is 4. The van der Waals surface area contributed by atoms with Crippen molar-refractivity contribution in [2.45, 2.75) is 32.1 Å². The second kappa shape index (κ2) is 6.93. The van der Waals surface area contributed by atoms with Crippen LogP contribution in [0.2, 0.25) is 0 Å². The topological polar surface area (TPSA) is 86.7 Å². The Morgan fingerprint density at radius 1 is 1.42 bits per heavy atom. The van der Waals surface area contributed by atoms with Gasteiger partial charge in [0.15, 0.2) is 0 Å². The molecule has 2 N–H and O–H groups in total. The Hall–Kier alpha value is -1.89. The number of aliphatic carboxylic acids is 1. The minimum atomic E-state index is -0.761.